The highest BCUT2D eigenvalue weighted by atomic mass is 32.2. The minimum absolute atomic E-state index is 0.0244. The Bertz CT molecular complexity index is 797. The molecule has 5 nitrogen and oxygen atoms in total. The van der Waals surface area contributed by atoms with Crippen LogP contribution in [0.4, 0.5) is 0 Å². The lowest BCUT2D eigenvalue weighted by Crippen LogP contribution is -2.42. The van der Waals surface area contributed by atoms with Gasteiger partial charge in [-0.2, -0.15) is 0 Å². The lowest BCUT2D eigenvalue weighted by atomic mass is 10.2. The van der Waals surface area contributed by atoms with E-state index in [1.807, 2.05) is 60.4 Å². The van der Waals surface area contributed by atoms with Gasteiger partial charge in [-0.1, -0.05) is 24.3 Å². The minimum Gasteiger partial charge on any atom is -0.494 e. The number of ether oxygens (including phenoxy) is 3. The van der Waals surface area contributed by atoms with Crippen LogP contribution in [0, 0.1) is 0 Å². The first-order valence-corrected chi connectivity index (χ1v) is 9.82. The van der Waals surface area contributed by atoms with Crippen molar-refractivity contribution in [2.24, 2.45) is 0 Å². The van der Waals surface area contributed by atoms with E-state index in [2.05, 4.69) is 0 Å². The molecular weight excluding hydrogens is 350 g/mol. The van der Waals surface area contributed by atoms with Crippen molar-refractivity contribution in [1.29, 1.82) is 0 Å². The van der Waals surface area contributed by atoms with Gasteiger partial charge in [-0.25, -0.2) is 0 Å². The molecular formula is C20H21NO4S. The summed E-state index contributed by atoms with van der Waals surface area (Å²) in [5.41, 5.74) is 1.07. The first-order valence-electron chi connectivity index (χ1n) is 8.77. The number of hydrogen-bond donors (Lipinski definition) is 0. The van der Waals surface area contributed by atoms with Gasteiger partial charge >= 0.3 is 0 Å². The Kier molecular flexibility index (Phi) is 4.93. The lowest BCUT2D eigenvalue weighted by molar-refractivity contribution is -0.129. The summed E-state index contributed by atoms with van der Waals surface area (Å²) in [6, 6.07) is 15.6. The van der Waals surface area contributed by atoms with E-state index in [-0.39, 0.29) is 17.4 Å². The van der Waals surface area contributed by atoms with Crippen molar-refractivity contribution in [3.63, 3.8) is 0 Å². The number of amides is 1. The van der Waals surface area contributed by atoms with Crippen LogP contribution in [-0.4, -0.2) is 42.4 Å². The summed E-state index contributed by atoms with van der Waals surface area (Å²) >= 11 is 1.64. The van der Waals surface area contributed by atoms with Gasteiger partial charge in [-0.3, -0.25) is 4.79 Å². The molecule has 6 heteroatoms. The molecule has 2 heterocycles. The molecule has 2 atom stereocenters. The van der Waals surface area contributed by atoms with Crippen LogP contribution < -0.4 is 14.2 Å². The number of fused-ring (bicyclic) bond motifs is 1. The third kappa shape index (κ3) is 3.46. The maximum Gasteiger partial charge on any atom is 0.233 e. The van der Waals surface area contributed by atoms with E-state index in [1.165, 1.54) is 0 Å². The van der Waals surface area contributed by atoms with Gasteiger partial charge in [0, 0.05) is 0 Å². The third-order valence-corrected chi connectivity index (χ3v) is 5.65. The topological polar surface area (TPSA) is 48.0 Å². The van der Waals surface area contributed by atoms with Gasteiger partial charge in [-0.15, -0.1) is 11.8 Å². The molecule has 4 rings (SSSR count). The largest absolute Gasteiger partial charge is 0.494 e. The Hall–Kier alpha value is -2.34. The highest BCUT2D eigenvalue weighted by molar-refractivity contribution is 8.00. The van der Waals surface area contributed by atoms with Gasteiger partial charge in [0.15, 0.2) is 17.6 Å². The number of carbonyl (C=O) groups is 1. The van der Waals surface area contributed by atoms with Crippen molar-refractivity contribution in [3.05, 3.63) is 54.1 Å². The average Bonchev–Trinajstić information content (AvgIpc) is 3.03. The fraction of sp³-hybridized carbons (Fsp3) is 0.350. The molecule has 0 saturated carbocycles. The molecule has 2 unspecified atom stereocenters. The predicted molar refractivity (Wildman–Crippen MR) is 101 cm³/mol. The van der Waals surface area contributed by atoms with Crippen molar-refractivity contribution in [3.8, 4) is 17.2 Å². The molecule has 0 radical (unpaired) electrons. The molecule has 0 aromatic heterocycles. The monoisotopic (exact) mass is 371 g/mol. The molecule has 2 aliphatic rings. The smallest absolute Gasteiger partial charge is 0.233 e. The van der Waals surface area contributed by atoms with Crippen LogP contribution in [0.15, 0.2) is 48.5 Å². The number of nitrogens with zero attached hydrogens (tertiary/aromatic N) is 1. The predicted octanol–water partition coefficient (Wildman–Crippen LogP) is 3.50. The summed E-state index contributed by atoms with van der Waals surface area (Å²) in [4.78, 5) is 14.4. The van der Waals surface area contributed by atoms with Gasteiger partial charge in [0.05, 0.1) is 18.9 Å². The fourth-order valence-electron chi connectivity index (χ4n) is 3.22. The van der Waals surface area contributed by atoms with Crippen molar-refractivity contribution >= 4 is 17.7 Å². The van der Waals surface area contributed by atoms with Gasteiger partial charge < -0.3 is 19.1 Å². The van der Waals surface area contributed by atoms with E-state index in [1.54, 1.807) is 11.8 Å². The number of rotatable bonds is 5. The Morgan fingerprint density at radius 3 is 2.88 bits per heavy atom. The summed E-state index contributed by atoms with van der Waals surface area (Å²) in [5, 5.41) is -0.0244. The molecule has 0 N–H and O–H groups in total. The molecule has 2 aromatic rings. The number of carbonyl (C=O) groups excluding carboxylic acids is 1. The molecule has 2 aromatic carbocycles. The number of benzene rings is 2. The SMILES string of the molecule is CCOc1cccc(C2SCC(=O)N2CC2COc3ccccc3O2)c1. The second kappa shape index (κ2) is 7.50. The van der Waals surface area contributed by atoms with Gasteiger partial charge in [0.25, 0.3) is 0 Å². The maximum absolute atomic E-state index is 12.5. The van der Waals surface area contributed by atoms with Crippen LogP contribution in [0.5, 0.6) is 17.2 Å². The first-order chi connectivity index (χ1) is 12.7. The van der Waals surface area contributed by atoms with Gasteiger partial charge in [0.2, 0.25) is 5.91 Å². The summed E-state index contributed by atoms with van der Waals surface area (Å²) in [6.07, 6.45) is -0.176. The van der Waals surface area contributed by atoms with Gasteiger partial charge in [-0.05, 0) is 36.8 Å². The van der Waals surface area contributed by atoms with Crippen molar-refractivity contribution < 1.29 is 19.0 Å². The molecule has 0 bridgehead atoms. The molecule has 26 heavy (non-hydrogen) atoms. The Morgan fingerprint density at radius 1 is 1.19 bits per heavy atom. The van der Waals surface area contributed by atoms with Crippen LogP contribution >= 0.6 is 11.8 Å². The van der Waals surface area contributed by atoms with E-state index in [0.29, 0.717) is 25.5 Å². The fourth-order valence-corrected chi connectivity index (χ4v) is 4.41. The molecule has 1 amide bonds. The van der Waals surface area contributed by atoms with E-state index in [0.717, 1.165) is 22.8 Å². The summed E-state index contributed by atoms with van der Waals surface area (Å²) < 4.78 is 17.4. The highest BCUT2D eigenvalue weighted by Crippen LogP contribution is 2.40. The average molecular weight is 371 g/mol. The quantitative estimate of drug-likeness (QED) is 0.805. The summed E-state index contributed by atoms with van der Waals surface area (Å²) in [6.45, 7) is 3.53. The van der Waals surface area contributed by atoms with Crippen molar-refractivity contribution in [2.45, 2.75) is 18.4 Å². The van der Waals surface area contributed by atoms with Crippen LogP contribution in [0.25, 0.3) is 0 Å². The van der Waals surface area contributed by atoms with Gasteiger partial charge in [0.1, 0.15) is 17.7 Å². The van der Waals surface area contributed by atoms with Crippen LogP contribution in [0.3, 0.4) is 0 Å². The highest BCUT2D eigenvalue weighted by Gasteiger charge is 2.36. The van der Waals surface area contributed by atoms with Crippen LogP contribution in [0.1, 0.15) is 17.9 Å². The molecule has 0 aliphatic carbocycles. The normalized spacial score (nSPS) is 21.7. The van der Waals surface area contributed by atoms with Crippen molar-refractivity contribution in [2.75, 3.05) is 25.5 Å². The second-order valence-electron chi connectivity index (χ2n) is 6.21. The summed E-state index contributed by atoms with van der Waals surface area (Å²) in [7, 11) is 0. The van der Waals surface area contributed by atoms with Crippen LogP contribution in [-0.2, 0) is 4.79 Å². The number of para-hydroxylation sites is 2. The molecule has 1 saturated heterocycles. The zero-order valence-electron chi connectivity index (χ0n) is 14.6. The van der Waals surface area contributed by atoms with E-state index < -0.39 is 0 Å². The molecule has 136 valence electrons. The maximum atomic E-state index is 12.5. The molecule has 1 fully saturated rings. The molecule has 2 aliphatic heterocycles. The lowest BCUT2D eigenvalue weighted by Gasteiger charge is -2.32. The Labute approximate surface area is 157 Å². The number of thioether (sulfide) groups is 1. The molecule has 0 spiro atoms. The standard InChI is InChI=1S/C20H21NO4S/c1-2-23-15-7-5-6-14(10-15)20-21(19(22)13-26-20)11-16-12-24-17-8-3-4-9-18(17)25-16/h3-10,16,20H,2,11-13H2,1H3. The Balaban J connectivity index is 1.50. The minimum atomic E-state index is -0.176. The first kappa shape index (κ1) is 17.1. The summed E-state index contributed by atoms with van der Waals surface area (Å²) in [5.74, 6) is 2.93. The zero-order valence-corrected chi connectivity index (χ0v) is 15.4. The Morgan fingerprint density at radius 2 is 2.04 bits per heavy atom. The number of hydrogen-bond acceptors (Lipinski definition) is 5. The third-order valence-electron chi connectivity index (χ3n) is 4.39. The van der Waals surface area contributed by atoms with E-state index in [4.69, 9.17) is 14.2 Å². The van der Waals surface area contributed by atoms with Crippen LogP contribution in [0.2, 0.25) is 0 Å². The van der Waals surface area contributed by atoms with Crippen molar-refractivity contribution in [1.82, 2.24) is 4.90 Å². The zero-order chi connectivity index (χ0) is 17.9. The second-order valence-corrected chi connectivity index (χ2v) is 7.28. The van der Waals surface area contributed by atoms with E-state index >= 15 is 0 Å². The van der Waals surface area contributed by atoms with E-state index in [9.17, 15) is 4.79 Å².